The summed E-state index contributed by atoms with van der Waals surface area (Å²) < 4.78 is 13.1. The second-order valence-electron chi connectivity index (χ2n) is 8.52. The number of aromatic nitrogens is 1. The third-order valence-electron chi connectivity index (χ3n) is 5.87. The molecule has 2 heterocycles. The smallest absolute Gasteiger partial charge is 0.247 e. The highest BCUT2D eigenvalue weighted by atomic mass is 32.2. The van der Waals surface area contributed by atoms with Crippen LogP contribution in [-0.4, -0.2) is 48.5 Å². The van der Waals surface area contributed by atoms with E-state index in [0.29, 0.717) is 31.0 Å². The summed E-state index contributed by atoms with van der Waals surface area (Å²) in [4.78, 5) is 28.8. The number of hydrogen-bond donors (Lipinski definition) is 1. The number of thioether (sulfide) groups is 1. The van der Waals surface area contributed by atoms with Crippen LogP contribution in [0.4, 0.5) is 5.69 Å². The molecule has 0 spiro atoms. The van der Waals surface area contributed by atoms with Crippen LogP contribution in [0.1, 0.15) is 31.9 Å². The average molecular weight is 482 g/mol. The van der Waals surface area contributed by atoms with Gasteiger partial charge < -0.3 is 19.4 Å². The Hall–Kier alpha value is -2.97. The van der Waals surface area contributed by atoms with E-state index < -0.39 is 6.04 Å². The van der Waals surface area contributed by atoms with Gasteiger partial charge in [-0.2, -0.15) is 0 Å². The first-order valence-electron chi connectivity index (χ1n) is 11.5. The van der Waals surface area contributed by atoms with Gasteiger partial charge in [0.2, 0.25) is 11.8 Å². The highest BCUT2D eigenvalue weighted by Crippen LogP contribution is 2.43. The summed E-state index contributed by atoms with van der Waals surface area (Å²) in [5.74, 6) is 0.536. The molecule has 1 aromatic heterocycles. The van der Waals surface area contributed by atoms with Crippen molar-refractivity contribution in [2.45, 2.75) is 37.4 Å². The Morgan fingerprint density at radius 2 is 2.00 bits per heavy atom. The fraction of sp³-hybridized carbons (Fsp3) is 0.385. The van der Waals surface area contributed by atoms with Crippen molar-refractivity contribution in [3.8, 4) is 5.75 Å². The van der Waals surface area contributed by atoms with Crippen molar-refractivity contribution in [1.82, 2.24) is 9.88 Å². The van der Waals surface area contributed by atoms with Crippen molar-refractivity contribution >= 4 is 40.2 Å². The van der Waals surface area contributed by atoms with Gasteiger partial charge in [0, 0.05) is 48.4 Å². The molecule has 34 heavy (non-hydrogen) atoms. The number of hydrogen-bond acceptors (Lipinski definition) is 5. The van der Waals surface area contributed by atoms with Crippen LogP contribution in [-0.2, 0) is 21.4 Å². The van der Waals surface area contributed by atoms with E-state index in [-0.39, 0.29) is 23.7 Å². The summed E-state index contributed by atoms with van der Waals surface area (Å²) in [6, 6.07) is 14.5. The highest BCUT2D eigenvalue weighted by molar-refractivity contribution is 8.00. The van der Waals surface area contributed by atoms with Gasteiger partial charge in [0.25, 0.3) is 0 Å². The molecule has 0 saturated heterocycles. The van der Waals surface area contributed by atoms with Crippen molar-refractivity contribution in [1.29, 1.82) is 0 Å². The lowest BCUT2D eigenvalue weighted by molar-refractivity contribution is -0.125. The maximum absolute atomic E-state index is 13.8. The summed E-state index contributed by atoms with van der Waals surface area (Å²) in [5, 5.41) is 4.96. The molecule has 1 N–H and O–H groups in total. The number of ether oxygens (including phenoxy) is 2. The molecule has 180 valence electrons. The Morgan fingerprint density at radius 3 is 2.76 bits per heavy atom. The molecule has 1 atom stereocenters. The number of nitrogens with one attached hydrogen (secondary N) is 1. The van der Waals surface area contributed by atoms with Crippen LogP contribution in [0.2, 0.25) is 0 Å². The molecule has 1 aliphatic heterocycles. The fourth-order valence-electron chi connectivity index (χ4n) is 4.31. The predicted molar refractivity (Wildman–Crippen MR) is 136 cm³/mol. The van der Waals surface area contributed by atoms with Gasteiger partial charge in [-0.15, -0.1) is 0 Å². The summed E-state index contributed by atoms with van der Waals surface area (Å²) >= 11 is 1.48. The molecule has 0 radical (unpaired) electrons. The van der Waals surface area contributed by atoms with Crippen molar-refractivity contribution in [3.63, 3.8) is 0 Å². The molecule has 2 amide bonds. The molecule has 0 aliphatic carbocycles. The molecule has 0 bridgehead atoms. The largest absolute Gasteiger partial charge is 0.497 e. The Kier molecular flexibility index (Phi) is 7.48. The normalized spacial score (nSPS) is 16.0. The molecule has 1 aliphatic rings. The number of fused-ring (bicyclic) bond motifs is 3. The minimum absolute atomic E-state index is 0.123. The van der Waals surface area contributed by atoms with Gasteiger partial charge in [-0.25, -0.2) is 0 Å². The van der Waals surface area contributed by atoms with Crippen LogP contribution >= 0.6 is 11.8 Å². The number of nitrogens with zero attached hydrogens (tertiary/aromatic N) is 2. The van der Waals surface area contributed by atoms with Gasteiger partial charge in [-0.1, -0.05) is 36.0 Å². The van der Waals surface area contributed by atoms with Gasteiger partial charge in [-0.05, 0) is 38.5 Å². The molecule has 1 unspecified atom stereocenters. The van der Waals surface area contributed by atoms with Crippen molar-refractivity contribution in [2.75, 3.05) is 30.9 Å². The molecule has 2 aromatic carbocycles. The van der Waals surface area contributed by atoms with Crippen molar-refractivity contribution in [3.05, 3.63) is 54.1 Å². The summed E-state index contributed by atoms with van der Waals surface area (Å²) in [7, 11) is 3.57. The van der Waals surface area contributed by atoms with Gasteiger partial charge in [-0.3, -0.25) is 14.5 Å². The second-order valence-corrected chi connectivity index (χ2v) is 9.48. The predicted octanol–water partition coefficient (Wildman–Crippen LogP) is 4.30. The van der Waals surface area contributed by atoms with Crippen LogP contribution in [0.3, 0.4) is 0 Å². The topological polar surface area (TPSA) is 72.8 Å². The van der Waals surface area contributed by atoms with E-state index in [1.807, 2.05) is 63.4 Å². The van der Waals surface area contributed by atoms with E-state index in [2.05, 4.69) is 9.88 Å². The monoisotopic (exact) mass is 481 g/mol. The summed E-state index contributed by atoms with van der Waals surface area (Å²) in [5.41, 5.74) is 2.52. The molecular weight excluding hydrogens is 450 g/mol. The number of para-hydroxylation sites is 1. The van der Waals surface area contributed by atoms with Crippen LogP contribution in [0, 0.1) is 0 Å². The van der Waals surface area contributed by atoms with Crippen molar-refractivity contribution in [2.24, 2.45) is 7.05 Å². The first kappa shape index (κ1) is 24.2. The van der Waals surface area contributed by atoms with Crippen LogP contribution in [0.5, 0.6) is 5.75 Å². The molecule has 0 fully saturated rings. The summed E-state index contributed by atoms with van der Waals surface area (Å²) in [6.07, 6.45) is 0.843. The summed E-state index contributed by atoms with van der Waals surface area (Å²) in [6.45, 7) is 5.01. The van der Waals surface area contributed by atoms with E-state index in [1.165, 1.54) is 11.8 Å². The lowest BCUT2D eigenvalue weighted by Gasteiger charge is -2.30. The molecule has 0 saturated carbocycles. The minimum atomic E-state index is -0.804. The Balaban J connectivity index is 1.77. The number of amides is 2. The average Bonchev–Trinajstić information content (AvgIpc) is 3.01. The van der Waals surface area contributed by atoms with E-state index >= 15 is 0 Å². The lowest BCUT2D eigenvalue weighted by atomic mass is 10.0. The standard InChI is InChI=1S/C26H31N3O4S/c1-17(2)33-14-8-13-27-25(31)24-23-20-11-5-6-12-21(20)28(3)26(23)34-16-22(30)29(24)18-9-7-10-19(15-18)32-4/h5-7,9-12,15,17,24H,8,13-14,16H2,1-4H3,(H,27,31). The highest BCUT2D eigenvalue weighted by Gasteiger charge is 2.39. The zero-order valence-electron chi connectivity index (χ0n) is 20.0. The van der Waals surface area contributed by atoms with E-state index in [9.17, 15) is 9.59 Å². The second kappa shape index (κ2) is 10.5. The van der Waals surface area contributed by atoms with Crippen LogP contribution < -0.4 is 15.0 Å². The van der Waals surface area contributed by atoms with Gasteiger partial charge in [0.1, 0.15) is 11.8 Å². The Labute approximate surface area is 204 Å². The SMILES string of the molecule is COc1cccc(N2C(=O)CSc3c(c4ccccc4n3C)C2C(=O)NCCCOC(C)C)c1. The molecular formula is C26H31N3O4S. The van der Waals surface area contributed by atoms with Crippen molar-refractivity contribution < 1.29 is 19.1 Å². The maximum atomic E-state index is 13.8. The third kappa shape index (κ3) is 4.79. The molecule has 3 aromatic rings. The Bertz CT molecular complexity index is 1190. The van der Waals surface area contributed by atoms with E-state index in [1.54, 1.807) is 18.1 Å². The zero-order valence-corrected chi connectivity index (χ0v) is 20.9. The molecule has 4 rings (SSSR count). The first-order valence-corrected chi connectivity index (χ1v) is 12.5. The number of benzene rings is 2. The van der Waals surface area contributed by atoms with Crippen LogP contribution in [0.15, 0.2) is 53.6 Å². The quantitative estimate of drug-likeness (QED) is 0.486. The molecule has 8 heteroatoms. The number of aryl methyl sites for hydroxylation is 1. The minimum Gasteiger partial charge on any atom is -0.497 e. The third-order valence-corrected chi connectivity index (χ3v) is 7.03. The zero-order chi connectivity index (χ0) is 24.2. The van der Waals surface area contributed by atoms with E-state index in [0.717, 1.165) is 21.5 Å². The number of anilines is 1. The number of carbonyl (C=O) groups excluding carboxylic acids is 2. The molecule has 7 nitrogen and oxygen atoms in total. The lowest BCUT2D eigenvalue weighted by Crippen LogP contribution is -2.44. The Morgan fingerprint density at radius 1 is 1.21 bits per heavy atom. The fourth-order valence-corrected chi connectivity index (χ4v) is 5.38. The number of methoxy groups -OCH3 is 1. The maximum Gasteiger partial charge on any atom is 0.247 e. The number of rotatable bonds is 8. The van der Waals surface area contributed by atoms with Crippen LogP contribution in [0.25, 0.3) is 10.9 Å². The number of carbonyl (C=O) groups is 2. The van der Waals surface area contributed by atoms with Gasteiger partial charge >= 0.3 is 0 Å². The van der Waals surface area contributed by atoms with E-state index in [4.69, 9.17) is 9.47 Å². The van der Waals surface area contributed by atoms with Gasteiger partial charge in [0.05, 0.1) is 24.0 Å². The first-order chi connectivity index (χ1) is 16.4. The van der Waals surface area contributed by atoms with Gasteiger partial charge in [0.15, 0.2) is 0 Å².